The lowest BCUT2D eigenvalue weighted by atomic mass is 10.1. The molecule has 2 aromatic carbocycles. The fourth-order valence-corrected chi connectivity index (χ4v) is 3.57. The number of hydrogen-bond acceptors (Lipinski definition) is 6. The minimum atomic E-state index is 0.114. The van der Waals surface area contributed by atoms with Crippen LogP contribution in [0.1, 0.15) is 12.8 Å². The van der Waals surface area contributed by atoms with Crippen molar-refractivity contribution in [2.45, 2.75) is 18.9 Å². The third kappa shape index (κ3) is 3.86. The van der Waals surface area contributed by atoms with E-state index in [0.717, 1.165) is 43.2 Å². The lowest BCUT2D eigenvalue weighted by molar-refractivity contribution is 0.179. The Morgan fingerprint density at radius 3 is 2.64 bits per heavy atom. The van der Waals surface area contributed by atoms with Crippen LogP contribution >= 0.6 is 0 Å². The Morgan fingerprint density at radius 2 is 1.86 bits per heavy atom. The molecule has 4 rings (SSSR count). The van der Waals surface area contributed by atoms with Crippen LogP contribution in [0, 0.1) is 0 Å². The number of anilines is 2. The smallest absolute Gasteiger partial charge is 0.172 e. The minimum absolute atomic E-state index is 0.114. The van der Waals surface area contributed by atoms with Crippen molar-refractivity contribution in [2.24, 2.45) is 0 Å². The van der Waals surface area contributed by atoms with Crippen molar-refractivity contribution in [3.8, 4) is 22.8 Å². The Bertz CT molecular complexity index is 933. The lowest BCUT2D eigenvalue weighted by Crippen LogP contribution is -2.41. The molecule has 0 saturated carbocycles. The van der Waals surface area contributed by atoms with Crippen LogP contribution in [0.25, 0.3) is 11.3 Å². The normalized spacial score (nSPS) is 16.6. The van der Waals surface area contributed by atoms with Gasteiger partial charge in [-0.3, -0.25) is 0 Å². The minimum Gasteiger partial charge on any atom is -0.507 e. The number of benzene rings is 2. The van der Waals surface area contributed by atoms with Crippen molar-refractivity contribution in [3.05, 3.63) is 60.7 Å². The van der Waals surface area contributed by atoms with Crippen molar-refractivity contribution >= 4 is 11.5 Å². The monoisotopic (exact) mass is 376 g/mol. The summed E-state index contributed by atoms with van der Waals surface area (Å²) in [6.07, 6.45) is 2.17. The standard InChI is InChI=1S/C22H24N4O2/c1-23-22-20(14-19(24-25-22)18-11-5-6-12-21(18)27)26-13-7-10-17(15-26)28-16-8-3-2-4-9-16/h2-6,8-9,11-12,14,17,27H,7,10,13,15H2,1H3,(H,23,25)/t17-/m1/s1. The summed E-state index contributed by atoms with van der Waals surface area (Å²) in [6, 6.07) is 19.1. The molecule has 0 spiro atoms. The second-order valence-electron chi connectivity index (χ2n) is 6.87. The first-order valence-corrected chi connectivity index (χ1v) is 9.55. The van der Waals surface area contributed by atoms with Crippen molar-refractivity contribution in [2.75, 3.05) is 30.4 Å². The first kappa shape index (κ1) is 18.1. The fraction of sp³-hybridized carbons (Fsp3) is 0.273. The summed E-state index contributed by atoms with van der Waals surface area (Å²) in [5, 5.41) is 21.9. The molecule has 1 saturated heterocycles. The molecule has 1 aliphatic rings. The highest BCUT2D eigenvalue weighted by molar-refractivity contribution is 5.75. The maximum absolute atomic E-state index is 10.2. The number of nitrogens with zero attached hydrogens (tertiary/aromatic N) is 3. The molecule has 6 heteroatoms. The number of para-hydroxylation sites is 2. The van der Waals surface area contributed by atoms with Crippen molar-refractivity contribution in [1.29, 1.82) is 0 Å². The van der Waals surface area contributed by atoms with Crippen molar-refractivity contribution in [3.63, 3.8) is 0 Å². The summed E-state index contributed by atoms with van der Waals surface area (Å²) in [6.45, 7) is 1.70. The molecule has 3 aromatic rings. The van der Waals surface area contributed by atoms with E-state index in [0.29, 0.717) is 11.3 Å². The van der Waals surface area contributed by atoms with E-state index in [1.165, 1.54) is 0 Å². The number of rotatable bonds is 5. The number of aromatic hydroxyl groups is 1. The van der Waals surface area contributed by atoms with Crippen LogP contribution in [-0.4, -0.2) is 41.5 Å². The van der Waals surface area contributed by atoms with Crippen molar-refractivity contribution < 1.29 is 9.84 Å². The zero-order chi connectivity index (χ0) is 19.3. The van der Waals surface area contributed by atoms with Gasteiger partial charge in [-0.15, -0.1) is 10.2 Å². The van der Waals surface area contributed by atoms with Gasteiger partial charge >= 0.3 is 0 Å². The number of phenolic OH excluding ortho intramolecular Hbond substituents is 1. The lowest BCUT2D eigenvalue weighted by Gasteiger charge is -2.35. The Labute approximate surface area is 164 Å². The van der Waals surface area contributed by atoms with E-state index < -0.39 is 0 Å². The van der Waals surface area contributed by atoms with Gasteiger partial charge in [0.05, 0.1) is 17.9 Å². The highest BCUT2D eigenvalue weighted by atomic mass is 16.5. The molecule has 0 bridgehead atoms. The first-order valence-electron chi connectivity index (χ1n) is 9.55. The summed E-state index contributed by atoms with van der Waals surface area (Å²) in [5.74, 6) is 1.81. The second-order valence-corrected chi connectivity index (χ2v) is 6.87. The zero-order valence-corrected chi connectivity index (χ0v) is 15.9. The Balaban J connectivity index is 1.60. The van der Waals surface area contributed by atoms with Crippen LogP contribution in [0.15, 0.2) is 60.7 Å². The Kier molecular flexibility index (Phi) is 5.28. The van der Waals surface area contributed by atoms with E-state index in [1.807, 2.05) is 55.6 Å². The van der Waals surface area contributed by atoms with E-state index in [9.17, 15) is 5.11 Å². The maximum atomic E-state index is 10.2. The number of aromatic nitrogens is 2. The van der Waals surface area contributed by atoms with Gasteiger partial charge in [0.2, 0.25) is 0 Å². The molecular weight excluding hydrogens is 352 g/mol. The molecule has 1 atom stereocenters. The average Bonchev–Trinajstić information content (AvgIpc) is 2.74. The number of phenols is 1. The summed E-state index contributed by atoms with van der Waals surface area (Å²) in [5.41, 5.74) is 2.29. The number of piperidine rings is 1. The average molecular weight is 376 g/mol. The summed E-state index contributed by atoms with van der Waals surface area (Å²) >= 11 is 0. The predicted octanol–water partition coefficient (Wildman–Crippen LogP) is 3.94. The molecule has 1 aliphatic heterocycles. The molecule has 144 valence electrons. The quantitative estimate of drug-likeness (QED) is 0.703. The molecule has 28 heavy (non-hydrogen) atoms. The van der Waals surface area contributed by atoms with Crippen LogP contribution in [0.4, 0.5) is 11.5 Å². The fourth-order valence-electron chi connectivity index (χ4n) is 3.57. The largest absolute Gasteiger partial charge is 0.507 e. The molecule has 0 aliphatic carbocycles. The highest BCUT2D eigenvalue weighted by Gasteiger charge is 2.24. The molecule has 0 amide bonds. The first-order chi connectivity index (χ1) is 13.7. The van der Waals surface area contributed by atoms with Gasteiger partial charge in [-0.2, -0.15) is 0 Å². The number of ether oxygens (including phenoxy) is 1. The molecular formula is C22H24N4O2. The summed E-state index contributed by atoms with van der Waals surface area (Å²) < 4.78 is 6.18. The summed E-state index contributed by atoms with van der Waals surface area (Å²) in [7, 11) is 1.84. The second kappa shape index (κ2) is 8.17. The molecule has 2 heterocycles. The number of hydrogen-bond donors (Lipinski definition) is 2. The van der Waals surface area contributed by atoms with Gasteiger partial charge < -0.3 is 20.1 Å². The topological polar surface area (TPSA) is 70.5 Å². The van der Waals surface area contributed by atoms with E-state index in [4.69, 9.17) is 4.74 Å². The van der Waals surface area contributed by atoms with Crippen LogP contribution in [0.5, 0.6) is 11.5 Å². The van der Waals surface area contributed by atoms with Gasteiger partial charge in [-0.1, -0.05) is 30.3 Å². The van der Waals surface area contributed by atoms with Gasteiger partial charge in [0.25, 0.3) is 0 Å². The molecule has 0 unspecified atom stereocenters. The van der Waals surface area contributed by atoms with E-state index in [2.05, 4.69) is 20.4 Å². The maximum Gasteiger partial charge on any atom is 0.172 e. The molecule has 2 N–H and O–H groups in total. The van der Waals surface area contributed by atoms with E-state index >= 15 is 0 Å². The predicted molar refractivity (Wildman–Crippen MR) is 111 cm³/mol. The van der Waals surface area contributed by atoms with Gasteiger partial charge in [0.15, 0.2) is 5.82 Å². The van der Waals surface area contributed by atoms with Gasteiger partial charge in [0.1, 0.15) is 17.6 Å². The third-order valence-corrected chi connectivity index (χ3v) is 4.96. The van der Waals surface area contributed by atoms with Crippen LogP contribution in [0.2, 0.25) is 0 Å². The molecule has 1 aromatic heterocycles. The molecule has 1 fully saturated rings. The van der Waals surface area contributed by atoms with Crippen LogP contribution < -0.4 is 15.0 Å². The van der Waals surface area contributed by atoms with Crippen molar-refractivity contribution in [1.82, 2.24) is 10.2 Å². The van der Waals surface area contributed by atoms with Crippen LogP contribution in [0.3, 0.4) is 0 Å². The molecule has 6 nitrogen and oxygen atoms in total. The third-order valence-electron chi connectivity index (χ3n) is 4.96. The van der Waals surface area contributed by atoms with E-state index in [-0.39, 0.29) is 11.9 Å². The van der Waals surface area contributed by atoms with Gasteiger partial charge in [-0.25, -0.2) is 0 Å². The Morgan fingerprint density at radius 1 is 1.07 bits per heavy atom. The summed E-state index contributed by atoms with van der Waals surface area (Å²) in [4.78, 5) is 2.28. The zero-order valence-electron chi connectivity index (χ0n) is 15.9. The highest BCUT2D eigenvalue weighted by Crippen LogP contribution is 2.33. The van der Waals surface area contributed by atoms with Gasteiger partial charge in [-0.05, 0) is 43.2 Å². The van der Waals surface area contributed by atoms with Crippen LogP contribution in [-0.2, 0) is 0 Å². The van der Waals surface area contributed by atoms with E-state index in [1.54, 1.807) is 12.1 Å². The number of nitrogens with one attached hydrogen (secondary N) is 1. The van der Waals surface area contributed by atoms with Gasteiger partial charge in [0, 0.05) is 19.2 Å². The Hall–Kier alpha value is -3.28. The SMILES string of the molecule is CNc1nnc(-c2ccccc2O)cc1N1CCC[C@@H](Oc2ccccc2)C1. The molecule has 0 radical (unpaired) electrons.